The summed E-state index contributed by atoms with van der Waals surface area (Å²) in [5.74, 6) is 6.51. The zero-order valence-electron chi connectivity index (χ0n) is 28.6. The van der Waals surface area contributed by atoms with Crippen molar-refractivity contribution in [3.8, 4) is 23.1 Å². The van der Waals surface area contributed by atoms with E-state index in [2.05, 4.69) is 32.4 Å². The topological polar surface area (TPSA) is 157 Å². The zero-order chi connectivity index (χ0) is 34.8. The van der Waals surface area contributed by atoms with Crippen molar-refractivity contribution < 1.29 is 14.3 Å². The first-order valence-electron chi connectivity index (χ1n) is 15.1. The van der Waals surface area contributed by atoms with Gasteiger partial charge in [-0.15, -0.1) is 0 Å². The van der Waals surface area contributed by atoms with Gasteiger partial charge in [-0.2, -0.15) is 0 Å². The SMILES string of the molecule is CNc1c(-c2cc(C#Cc3ccc4c(ccc(=O)n4C)c3)nc(NC(=O)C(C)N(C)C(=O)OC(C)(C)C)c2)nc(C)nc1C(C)(C)N. The van der Waals surface area contributed by atoms with Gasteiger partial charge in [-0.1, -0.05) is 5.92 Å². The smallest absolute Gasteiger partial charge is 0.410 e. The molecule has 0 aliphatic carbocycles. The number of anilines is 2. The minimum absolute atomic E-state index is 0.0967. The molecule has 0 bridgehead atoms. The average Bonchev–Trinajstić information content (AvgIpc) is 2.99. The number of ether oxygens (including phenoxy) is 1. The summed E-state index contributed by atoms with van der Waals surface area (Å²) in [5, 5.41) is 6.89. The number of carbonyl (C=O) groups is 2. The highest BCUT2D eigenvalue weighted by atomic mass is 16.6. The van der Waals surface area contributed by atoms with E-state index in [1.807, 2.05) is 32.0 Å². The first-order valence-corrected chi connectivity index (χ1v) is 15.1. The molecule has 1 atom stereocenters. The summed E-state index contributed by atoms with van der Waals surface area (Å²) in [4.78, 5) is 53.3. The molecule has 0 saturated heterocycles. The summed E-state index contributed by atoms with van der Waals surface area (Å²) in [7, 11) is 4.99. The van der Waals surface area contributed by atoms with Crippen molar-refractivity contribution in [1.82, 2.24) is 24.4 Å². The van der Waals surface area contributed by atoms with Gasteiger partial charge in [-0.3, -0.25) is 14.5 Å². The van der Waals surface area contributed by atoms with Crippen LogP contribution in [0.1, 0.15) is 64.3 Å². The average molecular weight is 639 g/mol. The number of fused-ring (bicyclic) bond motifs is 1. The standard InChI is InChI=1S/C35H42N8O4/c1-20(42(9)33(46)47-34(3,4)5)32(45)41-27-19-24(29-30(37-8)31(35(6,7)36)39-21(2)38-29)18-25(40-27)14-11-22-12-15-26-23(17-22)13-16-28(44)43(26)10/h12-13,15-20,37H,36H2,1-10H3,(H,40,41,45). The van der Waals surface area contributed by atoms with Gasteiger partial charge in [0.05, 0.1) is 28.1 Å². The van der Waals surface area contributed by atoms with E-state index in [9.17, 15) is 14.4 Å². The number of aromatic nitrogens is 4. The molecule has 2 amide bonds. The van der Waals surface area contributed by atoms with Crippen LogP contribution in [0, 0.1) is 18.8 Å². The largest absolute Gasteiger partial charge is 0.444 e. The number of nitrogens with one attached hydrogen (secondary N) is 2. The Balaban J connectivity index is 1.80. The lowest BCUT2D eigenvalue weighted by atomic mass is 9.97. The number of carbonyl (C=O) groups excluding carboxylic acids is 2. The normalized spacial score (nSPS) is 12.1. The molecule has 4 N–H and O–H groups in total. The van der Waals surface area contributed by atoms with E-state index >= 15 is 0 Å². The second kappa shape index (κ2) is 13.2. The summed E-state index contributed by atoms with van der Waals surface area (Å²) in [5.41, 5.74) is 9.16. The number of nitrogens with zero attached hydrogens (tertiary/aromatic N) is 5. The molecule has 246 valence electrons. The highest BCUT2D eigenvalue weighted by Gasteiger charge is 2.28. The van der Waals surface area contributed by atoms with Crippen molar-refractivity contribution in [3.63, 3.8) is 0 Å². The fourth-order valence-corrected chi connectivity index (χ4v) is 4.78. The van der Waals surface area contributed by atoms with Crippen LogP contribution >= 0.6 is 0 Å². The van der Waals surface area contributed by atoms with Crippen LogP contribution in [0.25, 0.3) is 22.2 Å². The van der Waals surface area contributed by atoms with E-state index in [0.717, 1.165) is 10.9 Å². The maximum atomic E-state index is 13.4. The number of benzene rings is 1. The fraction of sp³-hybridized carbons (Fsp3) is 0.371. The predicted molar refractivity (Wildman–Crippen MR) is 184 cm³/mol. The van der Waals surface area contributed by atoms with Crippen molar-refractivity contribution in [1.29, 1.82) is 0 Å². The van der Waals surface area contributed by atoms with Crippen LogP contribution in [0.3, 0.4) is 0 Å². The summed E-state index contributed by atoms with van der Waals surface area (Å²) >= 11 is 0. The summed E-state index contributed by atoms with van der Waals surface area (Å²) < 4.78 is 7.01. The van der Waals surface area contributed by atoms with E-state index < -0.39 is 29.2 Å². The lowest BCUT2D eigenvalue weighted by Gasteiger charge is -2.28. The lowest BCUT2D eigenvalue weighted by Crippen LogP contribution is -2.45. The second-order valence-electron chi connectivity index (χ2n) is 13.0. The maximum Gasteiger partial charge on any atom is 0.410 e. The Morgan fingerprint density at radius 1 is 1.02 bits per heavy atom. The van der Waals surface area contributed by atoms with Crippen LogP contribution < -0.4 is 21.9 Å². The molecule has 1 unspecified atom stereocenters. The van der Waals surface area contributed by atoms with E-state index in [1.165, 1.54) is 18.0 Å². The van der Waals surface area contributed by atoms with Gasteiger partial charge in [0.1, 0.15) is 29.0 Å². The van der Waals surface area contributed by atoms with Gasteiger partial charge in [0.25, 0.3) is 5.56 Å². The van der Waals surface area contributed by atoms with Crippen LogP contribution in [0.4, 0.5) is 16.3 Å². The highest BCUT2D eigenvalue weighted by Crippen LogP contribution is 2.34. The van der Waals surface area contributed by atoms with Gasteiger partial charge in [0.2, 0.25) is 5.91 Å². The molecule has 3 aromatic heterocycles. The molecule has 12 nitrogen and oxygen atoms in total. The Labute approximate surface area is 274 Å². The number of aryl methyl sites for hydroxylation is 2. The Morgan fingerprint density at radius 2 is 1.72 bits per heavy atom. The molecule has 12 heteroatoms. The van der Waals surface area contributed by atoms with Crippen LogP contribution in [0.15, 0.2) is 47.3 Å². The van der Waals surface area contributed by atoms with Crippen LogP contribution in [-0.4, -0.2) is 62.2 Å². The number of hydrogen-bond donors (Lipinski definition) is 3. The first-order chi connectivity index (χ1) is 21.9. The number of hydrogen-bond acceptors (Lipinski definition) is 9. The molecule has 3 heterocycles. The second-order valence-corrected chi connectivity index (χ2v) is 13.0. The van der Waals surface area contributed by atoms with Crippen LogP contribution in [0.2, 0.25) is 0 Å². The molecule has 0 aliphatic rings. The minimum Gasteiger partial charge on any atom is -0.444 e. The van der Waals surface area contributed by atoms with Crippen molar-refractivity contribution in [2.75, 3.05) is 24.7 Å². The molecule has 0 radical (unpaired) electrons. The minimum atomic E-state index is -0.878. The van der Waals surface area contributed by atoms with E-state index in [1.54, 1.807) is 71.5 Å². The number of rotatable bonds is 6. The molecule has 4 aromatic rings. The Morgan fingerprint density at radius 3 is 2.36 bits per heavy atom. The van der Waals surface area contributed by atoms with Crippen molar-refractivity contribution >= 4 is 34.4 Å². The monoisotopic (exact) mass is 638 g/mol. The molecule has 4 rings (SSSR count). The Hall–Kier alpha value is -5.28. The molecular formula is C35H42N8O4. The van der Waals surface area contributed by atoms with E-state index in [-0.39, 0.29) is 11.4 Å². The molecular weight excluding hydrogens is 596 g/mol. The van der Waals surface area contributed by atoms with Crippen LogP contribution in [0.5, 0.6) is 0 Å². The molecule has 0 spiro atoms. The summed E-state index contributed by atoms with van der Waals surface area (Å²) in [6.07, 6.45) is -0.629. The van der Waals surface area contributed by atoms with E-state index in [4.69, 9.17) is 15.5 Å². The number of likely N-dealkylation sites (N-methyl/N-ethyl adjacent to an activating group) is 1. The van der Waals surface area contributed by atoms with Gasteiger partial charge in [-0.05, 0) is 96.2 Å². The van der Waals surface area contributed by atoms with Gasteiger partial charge in [0.15, 0.2) is 0 Å². The molecule has 0 fully saturated rings. The number of pyridine rings is 2. The van der Waals surface area contributed by atoms with Gasteiger partial charge < -0.3 is 25.7 Å². The van der Waals surface area contributed by atoms with Crippen LogP contribution in [-0.2, 0) is 22.1 Å². The van der Waals surface area contributed by atoms with E-state index in [0.29, 0.717) is 39.7 Å². The first kappa shape index (κ1) is 34.6. The Bertz CT molecular complexity index is 1980. The zero-order valence-corrected chi connectivity index (χ0v) is 28.6. The maximum absolute atomic E-state index is 13.4. The van der Waals surface area contributed by atoms with Gasteiger partial charge in [-0.25, -0.2) is 19.7 Å². The molecule has 0 saturated carbocycles. The number of amides is 2. The molecule has 1 aromatic carbocycles. The fourth-order valence-electron chi connectivity index (χ4n) is 4.78. The van der Waals surface area contributed by atoms with Crippen molar-refractivity contribution in [2.45, 2.75) is 65.6 Å². The lowest BCUT2D eigenvalue weighted by molar-refractivity contribution is -0.120. The van der Waals surface area contributed by atoms with Gasteiger partial charge >= 0.3 is 6.09 Å². The highest BCUT2D eigenvalue weighted by molar-refractivity contribution is 5.96. The summed E-state index contributed by atoms with van der Waals surface area (Å²) in [6.45, 7) is 12.4. The van der Waals surface area contributed by atoms with Crippen molar-refractivity contribution in [2.24, 2.45) is 12.8 Å². The van der Waals surface area contributed by atoms with Gasteiger partial charge in [0, 0.05) is 38.3 Å². The predicted octanol–water partition coefficient (Wildman–Crippen LogP) is 4.53. The third kappa shape index (κ3) is 8.12. The third-order valence-corrected chi connectivity index (χ3v) is 7.33. The third-order valence-electron chi connectivity index (χ3n) is 7.33. The Kier molecular flexibility index (Phi) is 9.73. The van der Waals surface area contributed by atoms with Crippen molar-refractivity contribution in [3.05, 3.63) is 75.6 Å². The molecule has 47 heavy (non-hydrogen) atoms. The number of nitrogens with two attached hydrogens (primary N) is 1. The quantitative estimate of drug-likeness (QED) is 0.258. The molecule has 0 aliphatic heterocycles. The summed E-state index contributed by atoms with van der Waals surface area (Å²) in [6, 6.07) is 11.4.